The zero-order chi connectivity index (χ0) is 18.4. The van der Waals surface area contributed by atoms with Gasteiger partial charge in [-0.15, -0.1) is 0 Å². The van der Waals surface area contributed by atoms with Gasteiger partial charge in [-0.1, -0.05) is 36.4 Å². The summed E-state index contributed by atoms with van der Waals surface area (Å²) in [5.41, 5.74) is 1.80. The van der Waals surface area contributed by atoms with Crippen LogP contribution in [0, 0.1) is 0 Å². The maximum Gasteiger partial charge on any atom is 0.240 e. The van der Waals surface area contributed by atoms with Gasteiger partial charge in [0, 0.05) is 30.6 Å². The van der Waals surface area contributed by atoms with Gasteiger partial charge in [0.05, 0.1) is 12.0 Å². The van der Waals surface area contributed by atoms with Crippen molar-refractivity contribution in [1.82, 2.24) is 14.7 Å². The molecule has 0 aliphatic heterocycles. The molecule has 26 heavy (non-hydrogen) atoms. The van der Waals surface area contributed by atoms with Gasteiger partial charge in [-0.05, 0) is 24.1 Å². The van der Waals surface area contributed by atoms with Gasteiger partial charge in [-0.2, -0.15) is 0 Å². The Morgan fingerprint density at radius 3 is 2.42 bits per heavy atom. The highest BCUT2D eigenvalue weighted by Gasteiger charge is 2.14. The Morgan fingerprint density at radius 2 is 1.73 bits per heavy atom. The lowest BCUT2D eigenvalue weighted by molar-refractivity contribution is 0.413. The number of hydrogen-bond acceptors (Lipinski definition) is 5. The molecule has 3 rings (SSSR count). The fourth-order valence-electron chi connectivity index (χ4n) is 2.40. The molecule has 0 radical (unpaired) electrons. The Hall–Kier alpha value is -2.77. The normalized spacial score (nSPS) is 11.3. The molecule has 0 unspecified atom stereocenters. The van der Waals surface area contributed by atoms with Crippen LogP contribution in [0.5, 0.6) is 5.75 Å². The third kappa shape index (κ3) is 4.44. The van der Waals surface area contributed by atoms with Crippen LogP contribution >= 0.6 is 0 Å². The van der Waals surface area contributed by atoms with E-state index in [0.717, 1.165) is 11.1 Å². The summed E-state index contributed by atoms with van der Waals surface area (Å²) in [6, 6.07) is 16.0. The molecule has 0 bridgehead atoms. The van der Waals surface area contributed by atoms with Crippen LogP contribution in [0.25, 0.3) is 11.4 Å². The van der Waals surface area contributed by atoms with E-state index in [2.05, 4.69) is 14.7 Å². The van der Waals surface area contributed by atoms with E-state index in [1.165, 1.54) is 19.2 Å². The molecule has 0 fully saturated rings. The Bertz CT molecular complexity index is 959. The molecule has 1 heterocycles. The molecular formula is C19H19N3O3S. The summed E-state index contributed by atoms with van der Waals surface area (Å²) in [5, 5.41) is 0. The lowest BCUT2D eigenvalue weighted by Crippen LogP contribution is -2.26. The summed E-state index contributed by atoms with van der Waals surface area (Å²) >= 11 is 0. The van der Waals surface area contributed by atoms with Gasteiger partial charge in [0.15, 0.2) is 5.82 Å². The summed E-state index contributed by atoms with van der Waals surface area (Å²) < 4.78 is 32.3. The number of nitrogens with zero attached hydrogens (tertiary/aromatic N) is 2. The molecule has 0 saturated heterocycles. The first-order chi connectivity index (χ1) is 12.6. The van der Waals surface area contributed by atoms with Crippen molar-refractivity contribution in [2.45, 2.75) is 11.3 Å². The van der Waals surface area contributed by atoms with Gasteiger partial charge >= 0.3 is 0 Å². The maximum atomic E-state index is 12.3. The van der Waals surface area contributed by atoms with E-state index in [0.29, 0.717) is 18.0 Å². The molecule has 3 aromatic rings. The molecule has 0 amide bonds. The topological polar surface area (TPSA) is 81.2 Å². The smallest absolute Gasteiger partial charge is 0.240 e. The molecular weight excluding hydrogens is 350 g/mol. The summed E-state index contributed by atoms with van der Waals surface area (Å²) in [5.74, 6) is 1.14. The van der Waals surface area contributed by atoms with Crippen LogP contribution in [-0.2, 0) is 16.4 Å². The zero-order valence-corrected chi connectivity index (χ0v) is 15.1. The molecule has 134 valence electrons. The van der Waals surface area contributed by atoms with Gasteiger partial charge < -0.3 is 4.74 Å². The molecule has 0 aliphatic carbocycles. The maximum absolute atomic E-state index is 12.3. The van der Waals surface area contributed by atoms with Gasteiger partial charge in [0.25, 0.3) is 0 Å². The molecule has 1 N–H and O–H groups in total. The zero-order valence-electron chi connectivity index (χ0n) is 14.3. The van der Waals surface area contributed by atoms with Crippen LogP contribution in [0.1, 0.15) is 5.56 Å². The van der Waals surface area contributed by atoms with Crippen LogP contribution in [0.3, 0.4) is 0 Å². The molecule has 6 nitrogen and oxygen atoms in total. The van der Waals surface area contributed by atoms with Gasteiger partial charge in [-0.3, -0.25) is 0 Å². The first-order valence-corrected chi connectivity index (χ1v) is 9.57. The largest absolute Gasteiger partial charge is 0.497 e. The molecule has 0 saturated carbocycles. The van der Waals surface area contributed by atoms with E-state index in [9.17, 15) is 8.42 Å². The van der Waals surface area contributed by atoms with Gasteiger partial charge in [0.1, 0.15) is 5.75 Å². The molecule has 1 aromatic heterocycles. The van der Waals surface area contributed by atoms with Gasteiger partial charge in [-0.25, -0.2) is 23.1 Å². The van der Waals surface area contributed by atoms with Crippen molar-refractivity contribution in [3.63, 3.8) is 0 Å². The Balaban J connectivity index is 1.60. The van der Waals surface area contributed by atoms with Crippen molar-refractivity contribution in [1.29, 1.82) is 0 Å². The third-order valence-electron chi connectivity index (χ3n) is 3.79. The van der Waals surface area contributed by atoms with Crippen LogP contribution in [0.4, 0.5) is 0 Å². The van der Waals surface area contributed by atoms with Crippen molar-refractivity contribution >= 4 is 10.0 Å². The molecule has 0 spiro atoms. The highest BCUT2D eigenvalue weighted by Crippen LogP contribution is 2.17. The average Bonchev–Trinajstić information content (AvgIpc) is 2.69. The molecule has 7 heteroatoms. The third-order valence-corrected chi connectivity index (χ3v) is 5.25. The van der Waals surface area contributed by atoms with Crippen molar-refractivity contribution in [3.8, 4) is 17.1 Å². The van der Waals surface area contributed by atoms with Crippen LogP contribution in [0.2, 0.25) is 0 Å². The highest BCUT2D eigenvalue weighted by molar-refractivity contribution is 7.89. The second-order valence-corrected chi connectivity index (χ2v) is 7.37. The monoisotopic (exact) mass is 369 g/mol. The number of ether oxygens (including phenoxy) is 1. The quantitative estimate of drug-likeness (QED) is 0.692. The predicted octanol–water partition coefficient (Wildman–Crippen LogP) is 2.67. The summed E-state index contributed by atoms with van der Waals surface area (Å²) in [4.78, 5) is 8.85. The van der Waals surface area contributed by atoms with E-state index in [1.807, 2.05) is 30.3 Å². The number of methoxy groups -OCH3 is 1. The number of aromatic nitrogens is 2. The van der Waals surface area contributed by atoms with Crippen molar-refractivity contribution in [3.05, 3.63) is 72.6 Å². The minimum absolute atomic E-state index is 0.174. The number of hydrogen-bond donors (Lipinski definition) is 1. The molecule has 2 aromatic carbocycles. The predicted molar refractivity (Wildman–Crippen MR) is 99.4 cm³/mol. The first kappa shape index (κ1) is 18.0. The SMILES string of the molecule is COc1cccc(S(=O)(=O)NCCc2cnc(-c3ccccc3)nc2)c1. The van der Waals surface area contributed by atoms with Crippen LogP contribution in [0.15, 0.2) is 71.9 Å². The minimum Gasteiger partial charge on any atom is -0.497 e. The standard InChI is InChI=1S/C19H19N3O3S/c1-25-17-8-5-9-18(12-17)26(23,24)22-11-10-15-13-20-19(21-14-15)16-6-3-2-4-7-16/h2-9,12-14,22H,10-11H2,1H3. The summed E-state index contributed by atoms with van der Waals surface area (Å²) in [6.07, 6.45) is 3.93. The number of rotatable bonds is 7. The van der Waals surface area contributed by atoms with E-state index in [4.69, 9.17) is 4.74 Å². The Morgan fingerprint density at radius 1 is 1.00 bits per heavy atom. The minimum atomic E-state index is -3.58. The average molecular weight is 369 g/mol. The van der Waals surface area contributed by atoms with E-state index >= 15 is 0 Å². The second-order valence-electron chi connectivity index (χ2n) is 5.61. The Kier molecular flexibility index (Phi) is 5.60. The summed E-state index contributed by atoms with van der Waals surface area (Å²) in [6.45, 7) is 0.258. The number of nitrogens with one attached hydrogen (secondary N) is 1. The van der Waals surface area contributed by atoms with Crippen molar-refractivity contribution in [2.24, 2.45) is 0 Å². The van der Waals surface area contributed by atoms with E-state index < -0.39 is 10.0 Å². The number of sulfonamides is 1. The number of benzene rings is 2. The first-order valence-electron chi connectivity index (χ1n) is 8.08. The highest BCUT2D eigenvalue weighted by atomic mass is 32.2. The Labute approximate surface area is 153 Å². The lowest BCUT2D eigenvalue weighted by Gasteiger charge is -2.08. The van der Waals surface area contributed by atoms with E-state index in [-0.39, 0.29) is 11.4 Å². The summed E-state index contributed by atoms with van der Waals surface area (Å²) in [7, 11) is -2.09. The molecule has 0 atom stereocenters. The molecule has 0 aliphatic rings. The van der Waals surface area contributed by atoms with Gasteiger partial charge in [0.2, 0.25) is 10.0 Å². The van der Waals surface area contributed by atoms with Crippen LogP contribution in [-0.4, -0.2) is 32.0 Å². The van der Waals surface area contributed by atoms with Crippen molar-refractivity contribution < 1.29 is 13.2 Å². The fourth-order valence-corrected chi connectivity index (χ4v) is 3.47. The second kappa shape index (κ2) is 8.07. The lowest BCUT2D eigenvalue weighted by atomic mass is 10.2. The van der Waals surface area contributed by atoms with Crippen LogP contribution < -0.4 is 9.46 Å². The van der Waals surface area contributed by atoms with E-state index in [1.54, 1.807) is 24.5 Å². The van der Waals surface area contributed by atoms with Crippen molar-refractivity contribution in [2.75, 3.05) is 13.7 Å². The fraction of sp³-hybridized carbons (Fsp3) is 0.158.